The molecule has 0 saturated heterocycles. The van der Waals surface area contributed by atoms with Crippen LogP contribution in [0.2, 0.25) is 0 Å². The van der Waals surface area contributed by atoms with E-state index in [4.69, 9.17) is 14.2 Å². The molecular weight excluding hydrogens is 444 g/mol. The molecule has 182 valence electrons. The summed E-state index contributed by atoms with van der Waals surface area (Å²) < 4.78 is 15.5. The molecule has 0 saturated carbocycles. The highest BCUT2D eigenvalue weighted by atomic mass is 16.6. The standard InChI is InChI=1S/C24H28N2O8/c1-5-33-9-10-34-24(29)19-14(3)25-17-11-13(2)18(23(28)32-4)22(27)21(17)20(19)15-7-6-8-16(12-15)26(30)31/h6-8,12-13,18,20,25H,5,9-11H2,1-4H3/t13-,18+,20+/m0/s1. The van der Waals surface area contributed by atoms with E-state index in [0.717, 1.165) is 0 Å². The number of nitro benzene ring substituents is 1. The van der Waals surface area contributed by atoms with Gasteiger partial charge in [-0.05, 0) is 31.7 Å². The molecule has 1 aromatic carbocycles. The zero-order valence-corrected chi connectivity index (χ0v) is 19.6. The second kappa shape index (κ2) is 10.6. The van der Waals surface area contributed by atoms with Crippen LogP contribution in [0.4, 0.5) is 5.69 Å². The molecule has 1 heterocycles. The van der Waals surface area contributed by atoms with E-state index in [1.807, 2.05) is 6.92 Å². The molecule has 0 fully saturated rings. The third-order valence-corrected chi connectivity index (χ3v) is 6.04. The number of benzene rings is 1. The van der Waals surface area contributed by atoms with Gasteiger partial charge in [0, 0.05) is 41.6 Å². The molecule has 1 N–H and O–H groups in total. The van der Waals surface area contributed by atoms with Gasteiger partial charge in [0.2, 0.25) is 0 Å². The lowest BCUT2D eigenvalue weighted by molar-refractivity contribution is -0.384. The predicted molar refractivity (Wildman–Crippen MR) is 120 cm³/mol. The van der Waals surface area contributed by atoms with Crippen LogP contribution in [0.25, 0.3) is 0 Å². The topological polar surface area (TPSA) is 134 Å². The minimum absolute atomic E-state index is 0.00673. The van der Waals surface area contributed by atoms with Crippen molar-refractivity contribution >= 4 is 23.4 Å². The third-order valence-electron chi connectivity index (χ3n) is 6.04. The van der Waals surface area contributed by atoms with Crippen LogP contribution >= 0.6 is 0 Å². The summed E-state index contributed by atoms with van der Waals surface area (Å²) >= 11 is 0. The largest absolute Gasteiger partial charge is 0.468 e. The molecule has 1 aliphatic carbocycles. The predicted octanol–water partition coefficient (Wildman–Crippen LogP) is 2.79. The maximum Gasteiger partial charge on any atom is 0.336 e. The molecule has 0 spiro atoms. The summed E-state index contributed by atoms with van der Waals surface area (Å²) in [6.07, 6.45) is 0.371. The number of nitrogens with zero attached hydrogens (tertiary/aromatic N) is 1. The van der Waals surface area contributed by atoms with E-state index in [0.29, 0.717) is 30.0 Å². The Hall–Kier alpha value is -3.53. The Morgan fingerprint density at radius 1 is 1.26 bits per heavy atom. The first kappa shape index (κ1) is 25.1. The van der Waals surface area contributed by atoms with E-state index in [9.17, 15) is 24.5 Å². The zero-order valence-electron chi connectivity index (χ0n) is 19.6. The number of rotatable bonds is 8. The van der Waals surface area contributed by atoms with Crippen LogP contribution in [-0.4, -0.2) is 49.6 Å². The Morgan fingerprint density at radius 3 is 2.65 bits per heavy atom. The number of allylic oxidation sites excluding steroid dienone is 3. The molecule has 10 nitrogen and oxygen atoms in total. The van der Waals surface area contributed by atoms with Gasteiger partial charge in [-0.2, -0.15) is 0 Å². The lowest BCUT2D eigenvalue weighted by Crippen LogP contribution is -2.43. The average Bonchev–Trinajstić information content (AvgIpc) is 2.80. The van der Waals surface area contributed by atoms with Gasteiger partial charge >= 0.3 is 11.9 Å². The second-order valence-electron chi connectivity index (χ2n) is 8.22. The van der Waals surface area contributed by atoms with Gasteiger partial charge in [-0.1, -0.05) is 19.1 Å². The van der Waals surface area contributed by atoms with Gasteiger partial charge in [-0.15, -0.1) is 0 Å². The molecule has 3 atom stereocenters. The summed E-state index contributed by atoms with van der Waals surface area (Å²) in [6, 6.07) is 5.78. The lowest BCUT2D eigenvalue weighted by atomic mass is 9.69. The van der Waals surface area contributed by atoms with Crippen LogP contribution < -0.4 is 5.32 Å². The zero-order chi connectivity index (χ0) is 25.0. The first-order chi connectivity index (χ1) is 16.2. The Kier molecular flexibility index (Phi) is 7.83. The van der Waals surface area contributed by atoms with Crippen molar-refractivity contribution in [2.24, 2.45) is 11.8 Å². The summed E-state index contributed by atoms with van der Waals surface area (Å²) in [5, 5.41) is 14.6. The van der Waals surface area contributed by atoms with Crippen LogP contribution in [-0.2, 0) is 28.6 Å². The minimum atomic E-state index is -1.04. The summed E-state index contributed by atoms with van der Waals surface area (Å²) in [4.78, 5) is 50.1. The van der Waals surface area contributed by atoms with Crippen LogP contribution in [0.3, 0.4) is 0 Å². The van der Waals surface area contributed by atoms with Crippen LogP contribution in [0.5, 0.6) is 0 Å². The van der Waals surface area contributed by atoms with Crippen LogP contribution in [0.1, 0.15) is 38.7 Å². The van der Waals surface area contributed by atoms with Crippen molar-refractivity contribution in [2.45, 2.75) is 33.1 Å². The highest BCUT2D eigenvalue weighted by Crippen LogP contribution is 2.45. The maximum atomic E-state index is 13.6. The van der Waals surface area contributed by atoms with E-state index >= 15 is 0 Å². The van der Waals surface area contributed by atoms with E-state index in [-0.39, 0.29) is 36.0 Å². The maximum absolute atomic E-state index is 13.6. The first-order valence-electron chi connectivity index (χ1n) is 11.0. The van der Waals surface area contributed by atoms with Crippen LogP contribution in [0, 0.1) is 22.0 Å². The summed E-state index contributed by atoms with van der Waals surface area (Å²) in [7, 11) is 1.22. The summed E-state index contributed by atoms with van der Waals surface area (Å²) in [5.41, 5.74) is 1.64. The normalized spacial score (nSPS) is 22.1. The van der Waals surface area contributed by atoms with Crippen molar-refractivity contribution in [1.82, 2.24) is 5.32 Å². The van der Waals surface area contributed by atoms with Crippen molar-refractivity contribution in [3.05, 3.63) is 62.5 Å². The molecule has 0 aromatic heterocycles. The number of Topliss-reactive ketones (excluding diaryl/α,β-unsaturated/α-hetero) is 1. The summed E-state index contributed by atoms with van der Waals surface area (Å²) in [6.45, 7) is 5.97. The monoisotopic (exact) mass is 472 g/mol. The number of ketones is 1. The Labute approximate surface area is 197 Å². The quantitative estimate of drug-likeness (QED) is 0.199. The van der Waals surface area contributed by atoms with Crippen LogP contribution in [0.15, 0.2) is 46.8 Å². The van der Waals surface area contributed by atoms with Gasteiger partial charge in [0.05, 0.1) is 24.2 Å². The number of nitro groups is 1. The minimum Gasteiger partial charge on any atom is -0.468 e. The summed E-state index contributed by atoms with van der Waals surface area (Å²) in [5.74, 6) is -4.12. The molecular formula is C24H28N2O8. The molecule has 1 aromatic rings. The molecule has 0 amide bonds. The highest BCUT2D eigenvalue weighted by Gasteiger charge is 2.47. The Bertz CT molecular complexity index is 1070. The fourth-order valence-corrected chi connectivity index (χ4v) is 4.52. The van der Waals surface area contributed by atoms with Gasteiger partial charge in [0.1, 0.15) is 12.5 Å². The number of non-ortho nitro benzene ring substituents is 1. The SMILES string of the molecule is CCOCCOC(=O)C1=C(C)NC2=C(C(=O)[C@H](C(=O)OC)[C@@H](C)C2)[C@@H]1c1cccc([N+](=O)[O-])c1. The smallest absolute Gasteiger partial charge is 0.336 e. The number of ether oxygens (including phenoxy) is 3. The van der Waals surface area contributed by atoms with E-state index in [2.05, 4.69) is 5.32 Å². The molecule has 1 aliphatic heterocycles. The molecule has 0 unspecified atom stereocenters. The van der Waals surface area contributed by atoms with Gasteiger partial charge < -0.3 is 19.5 Å². The number of nitrogens with one attached hydrogen (secondary N) is 1. The number of dihydropyridines is 1. The van der Waals surface area contributed by atoms with Crippen molar-refractivity contribution in [2.75, 3.05) is 26.9 Å². The third kappa shape index (κ3) is 4.86. The fourth-order valence-electron chi connectivity index (χ4n) is 4.52. The molecule has 0 radical (unpaired) electrons. The van der Waals surface area contributed by atoms with Gasteiger partial charge in [0.15, 0.2) is 5.78 Å². The number of esters is 2. The Balaban J connectivity index is 2.12. The van der Waals surface area contributed by atoms with Gasteiger partial charge in [-0.3, -0.25) is 19.7 Å². The number of hydrogen-bond acceptors (Lipinski definition) is 9. The first-order valence-corrected chi connectivity index (χ1v) is 11.0. The average molecular weight is 472 g/mol. The van der Waals surface area contributed by atoms with Crippen molar-refractivity contribution in [1.29, 1.82) is 0 Å². The molecule has 0 bridgehead atoms. The molecule has 10 heteroatoms. The molecule has 34 heavy (non-hydrogen) atoms. The van der Waals surface area contributed by atoms with Crippen molar-refractivity contribution < 1.29 is 33.5 Å². The van der Waals surface area contributed by atoms with Gasteiger partial charge in [0.25, 0.3) is 5.69 Å². The van der Waals surface area contributed by atoms with Gasteiger partial charge in [-0.25, -0.2) is 4.79 Å². The van der Waals surface area contributed by atoms with Crippen molar-refractivity contribution in [3.63, 3.8) is 0 Å². The number of carbonyl (C=O) groups excluding carboxylic acids is 3. The van der Waals surface area contributed by atoms with Crippen molar-refractivity contribution in [3.8, 4) is 0 Å². The van der Waals surface area contributed by atoms with E-state index < -0.39 is 34.5 Å². The number of methoxy groups -OCH3 is 1. The molecule has 3 rings (SSSR count). The fraction of sp³-hybridized carbons (Fsp3) is 0.458. The number of hydrogen-bond donors (Lipinski definition) is 1. The Morgan fingerprint density at radius 2 is 2.00 bits per heavy atom. The van der Waals surface area contributed by atoms with E-state index in [1.54, 1.807) is 19.9 Å². The molecule has 2 aliphatic rings. The van der Waals surface area contributed by atoms with E-state index in [1.165, 1.54) is 25.3 Å². The lowest BCUT2D eigenvalue weighted by Gasteiger charge is -2.38. The second-order valence-corrected chi connectivity index (χ2v) is 8.22. The highest BCUT2D eigenvalue weighted by molar-refractivity contribution is 6.12. The number of carbonyl (C=O) groups is 3.